The first-order valence-electron chi connectivity index (χ1n) is 7.05. The summed E-state index contributed by atoms with van der Waals surface area (Å²) >= 11 is 0. The van der Waals surface area contributed by atoms with E-state index in [1.165, 1.54) is 7.11 Å². The highest BCUT2D eigenvalue weighted by Crippen LogP contribution is 2.31. The second-order valence-corrected chi connectivity index (χ2v) is 4.95. The van der Waals surface area contributed by atoms with Crippen molar-refractivity contribution in [2.24, 2.45) is 0 Å². The summed E-state index contributed by atoms with van der Waals surface area (Å²) in [4.78, 5) is 12.7. The largest absolute Gasteiger partial charge is 0.490 e. The Hall–Kier alpha value is -2.81. The highest BCUT2D eigenvalue weighted by molar-refractivity contribution is 5.84. The first kappa shape index (κ1) is 14.1. The van der Waals surface area contributed by atoms with E-state index in [-0.39, 0.29) is 11.2 Å². The average molecular weight is 292 g/mol. The van der Waals surface area contributed by atoms with Crippen LogP contribution in [0, 0.1) is 0 Å². The first-order chi connectivity index (χ1) is 10.8. The van der Waals surface area contributed by atoms with Gasteiger partial charge in [0.1, 0.15) is 5.58 Å². The number of hydrogen-bond acceptors (Lipinski definition) is 3. The van der Waals surface area contributed by atoms with Crippen LogP contribution in [0.25, 0.3) is 22.3 Å². The molecule has 22 heavy (non-hydrogen) atoms. The average Bonchev–Trinajstić information content (AvgIpc) is 2.56. The highest BCUT2D eigenvalue weighted by Gasteiger charge is 2.17. The van der Waals surface area contributed by atoms with E-state index in [4.69, 9.17) is 9.15 Å². The van der Waals surface area contributed by atoms with Crippen molar-refractivity contribution in [2.45, 2.75) is 6.42 Å². The van der Waals surface area contributed by atoms with Crippen LogP contribution in [-0.2, 0) is 6.42 Å². The lowest BCUT2D eigenvalue weighted by molar-refractivity contribution is 0.398. The Kier molecular flexibility index (Phi) is 3.79. The maximum absolute atomic E-state index is 12.7. The van der Waals surface area contributed by atoms with Crippen molar-refractivity contribution in [2.75, 3.05) is 7.11 Å². The van der Waals surface area contributed by atoms with Crippen LogP contribution in [0.4, 0.5) is 0 Å². The van der Waals surface area contributed by atoms with Crippen LogP contribution in [-0.4, -0.2) is 7.11 Å². The zero-order valence-electron chi connectivity index (χ0n) is 12.3. The fraction of sp³-hybridized carbons (Fsp3) is 0.105. The van der Waals surface area contributed by atoms with Crippen molar-refractivity contribution < 1.29 is 9.15 Å². The minimum absolute atomic E-state index is 0.159. The number of benzene rings is 2. The summed E-state index contributed by atoms with van der Waals surface area (Å²) in [5.74, 6) is 0.687. The molecule has 3 aromatic rings. The molecule has 3 nitrogen and oxygen atoms in total. The first-order valence-corrected chi connectivity index (χ1v) is 7.05. The Balaban J connectivity index is 2.39. The van der Waals surface area contributed by atoms with Gasteiger partial charge in [-0.3, -0.25) is 4.79 Å². The van der Waals surface area contributed by atoms with Crippen molar-refractivity contribution in [3.8, 4) is 17.1 Å². The molecule has 3 heteroatoms. The summed E-state index contributed by atoms with van der Waals surface area (Å²) in [5.41, 5.74) is 2.18. The molecule has 0 N–H and O–H groups in total. The van der Waals surface area contributed by atoms with E-state index >= 15 is 0 Å². The molecule has 110 valence electrons. The summed E-state index contributed by atoms with van der Waals surface area (Å²) < 4.78 is 11.4. The molecule has 0 radical (unpaired) electrons. The molecule has 0 saturated heterocycles. The number of fused-ring (bicyclic) bond motifs is 1. The molecule has 0 spiro atoms. The lowest BCUT2D eigenvalue weighted by Crippen LogP contribution is -2.08. The monoisotopic (exact) mass is 292 g/mol. The van der Waals surface area contributed by atoms with Gasteiger partial charge in [0.05, 0.1) is 12.5 Å². The molecule has 1 heterocycles. The lowest BCUT2D eigenvalue weighted by atomic mass is 10.1. The second-order valence-electron chi connectivity index (χ2n) is 4.95. The third-order valence-corrected chi connectivity index (χ3v) is 3.56. The van der Waals surface area contributed by atoms with E-state index < -0.39 is 0 Å². The van der Waals surface area contributed by atoms with Gasteiger partial charge in [0.25, 0.3) is 0 Å². The van der Waals surface area contributed by atoms with Gasteiger partial charge in [-0.15, -0.1) is 6.58 Å². The predicted octanol–water partition coefficient (Wildman–Crippen LogP) is 4.20. The molecule has 3 rings (SSSR count). The van der Waals surface area contributed by atoms with E-state index in [2.05, 4.69) is 6.58 Å². The zero-order valence-corrected chi connectivity index (χ0v) is 12.3. The minimum atomic E-state index is -0.159. The third kappa shape index (κ3) is 2.31. The number of hydrogen-bond donors (Lipinski definition) is 0. The topological polar surface area (TPSA) is 39.4 Å². The van der Waals surface area contributed by atoms with Crippen LogP contribution in [0.2, 0.25) is 0 Å². The molecule has 0 aliphatic carbocycles. The van der Waals surface area contributed by atoms with Crippen LogP contribution in [0.3, 0.4) is 0 Å². The lowest BCUT2D eigenvalue weighted by Gasteiger charge is -2.10. The zero-order chi connectivity index (χ0) is 15.5. The van der Waals surface area contributed by atoms with E-state index in [1.807, 2.05) is 42.5 Å². The number of ether oxygens (including phenoxy) is 1. The van der Waals surface area contributed by atoms with Gasteiger partial charge < -0.3 is 9.15 Å². The predicted molar refractivity (Wildman–Crippen MR) is 88.4 cm³/mol. The van der Waals surface area contributed by atoms with Gasteiger partial charge in [0, 0.05) is 5.56 Å². The molecule has 0 aliphatic heterocycles. The summed E-state index contributed by atoms with van der Waals surface area (Å²) in [6, 6.07) is 15.0. The Morgan fingerprint density at radius 2 is 1.91 bits per heavy atom. The van der Waals surface area contributed by atoms with E-state index in [9.17, 15) is 4.79 Å². The van der Waals surface area contributed by atoms with E-state index in [0.717, 1.165) is 11.1 Å². The van der Waals surface area contributed by atoms with Gasteiger partial charge in [-0.05, 0) is 18.1 Å². The molecular formula is C19H16O3. The van der Waals surface area contributed by atoms with Crippen LogP contribution < -0.4 is 10.2 Å². The van der Waals surface area contributed by atoms with Crippen molar-refractivity contribution in [3.63, 3.8) is 0 Å². The number of methoxy groups -OCH3 is 1. The smallest absolute Gasteiger partial charge is 0.235 e. The molecule has 0 aliphatic rings. The second kappa shape index (κ2) is 5.90. The summed E-state index contributed by atoms with van der Waals surface area (Å²) in [6.45, 7) is 3.76. The van der Waals surface area contributed by atoms with Gasteiger partial charge in [0.15, 0.2) is 5.76 Å². The molecular weight excluding hydrogens is 276 g/mol. The molecule has 0 atom stereocenters. The molecule has 0 fully saturated rings. The Morgan fingerprint density at radius 3 is 2.59 bits per heavy atom. The Morgan fingerprint density at radius 1 is 1.14 bits per heavy atom. The van der Waals surface area contributed by atoms with Gasteiger partial charge >= 0.3 is 0 Å². The maximum atomic E-state index is 12.7. The number of rotatable bonds is 4. The quantitative estimate of drug-likeness (QED) is 0.677. The van der Waals surface area contributed by atoms with Gasteiger partial charge in [-0.2, -0.15) is 0 Å². The maximum Gasteiger partial charge on any atom is 0.235 e. The van der Waals surface area contributed by atoms with Crippen molar-refractivity contribution in [3.05, 3.63) is 77.0 Å². The summed E-state index contributed by atoms with van der Waals surface area (Å²) in [5, 5.41) is 0.524. The fourth-order valence-electron chi connectivity index (χ4n) is 2.54. The minimum Gasteiger partial charge on any atom is -0.490 e. The van der Waals surface area contributed by atoms with E-state index in [0.29, 0.717) is 23.2 Å². The van der Waals surface area contributed by atoms with Crippen LogP contribution in [0.5, 0.6) is 5.75 Å². The van der Waals surface area contributed by atoms with Crippen LogP contribution in [0.1, 0.15) is 5.56 Å². The Labute approximate surface area is 128 Å². The van der Waals surface area contributed by atoms with Gasteiger partial charge in [0.2, 0.25) is 11.2 Å². The molecule has 0 unspecified atom stereocenters. The molecule has 1 aromatic heterocycles. The molecule has 0 bridgehead atoms. The van der Waals surface area contributed by atoms with E-state index in [1.54, 1.807) is 12.1 Å². The fourth-order valence-corrected chi connectivity index (χ4v) is 2.54. The highest BCUT2D eigenvalue weighted by atomic mass is 16.5. The number of para-hydroxylation sites is 1. The Bertz CT molecular complexity index is 876. The normalized spacial score (nSPS) is 10.6. The summed E-state index contributed by atoms with van der Waals surface area (Å²) in [7, 11) is 1.48. The van der Waals surface area contributed by atoms with Crippen molar-refractivity contribution >= 4 is 11.0 Å². The number of allylic oxidation sites excluding steroid dienone is 1. The van der Waals surface area contributed by atoms with Crippen molar-refractivity contribution in [1.29, 1.82) is 0 Å². The van der Waals surface area contributed by atoms with Crippen LogP contribution >= 0.6 is 0 Å². The summed E-state index contributed by atoms with van der Waals surface area (Å²) in [6.07, 6.45) is 2.43. The van der Waals surface area contributed by atoms with Crippen LogP contribution in [0.15, 0.2) is 70.4 Å². The third-order valence-electron chi connectivity index (χ3n) is 3.56. The molecule has 0 saturated carbocycles. The van der Waals surface area contributed by atoms with Gasteiger partial charge in [-0.25, -0.2) is 0 Å². The van der Waals surface area contributed by atoms with Crippen molar-refractivity contribution in [1.82, 2.24) is 0 Å². The SMILES string of the molecule is C=CCc1cccc2c(=O)c(OC)c(-c3ccccc3)oc12. The van der Waals surface area contributed by atoms with Gasteiger partial charge in [-0.1, -0.05) is 48.5 Å². The molecule has 2 aromatic carbocycles. The molecule has 0 amide bonds. The standard InChI is InChI=1S/C19H16O3/c1-3-8-13-11-7-12-15-16(20)19(21-2)18(22-17(13)15)14-9-5-4-6-10-14/h3-7,9-12H,1,8H2,2H3.